The van der Waals surface area contributed by atoms with E-state index in [1.54, 1.807) is 20.1 Å². The number of methoxy groups -OCH3 is 1. The molecule has 0 radical (unpaired) electrons. The van der Waals surface area contributed by atoms with Crippen LogP contribution in [0, 0.1) is 13.8 Å². The highest BCUT2D eigenvalue weighted by atomic mass is 32.2. The van der Waals surface area contributed by atoms with Crippen LogP contribution in [0.4, 0.5) is 4.79 Å². The molecule has 0 unspecified atom stereocenters. The summed E-state index contributed by atoms with van der Waals surface area (Å²) < 4.78 is 13.2. The maximum Gasteiger partial charge on any atom is 0.293 e. The van der Waals surface area contributed by atoms with Crippen molar-refractivity contribution in [3.8, 4) is 22.9 Å². The van der Waals surface area contributed by atoms with Crippen molar-refractivity contribution < 1.29 is 19.1 Å². The largest absolute Gasteiger partial charge is 0.497 e. The van der Waals surface area contributed by atoms with Gasteiger partial charge in [-0.05, 0) is 98.8 Å². The number of amides is 2. The molecule has 0 saturated carbocycles. The summed E-state index contributed by atoms with van der Waals surface area (Å²) in [6.07, 6.45) is 1.81. The van der Waals surface area contributed by atoms with Crippen LogP contribution in [0.3, 0.4) is 0 Å². The lowest BCUT2D eigenvalue weighted by molar-refractivity contribution is -0.122. The predicted molar refractivity (Wildman–Crippen MR) is 127 cm³/mol. The van der Waals surface area contributed by atoms with E-state index >= 15 is 0 Å². The molecule has 164 valence electrons. The summed E-state index contributed by atoms with van der Waals surface area (Å²) in [7, 11) is 1.63. The van der Waals surface area contributed by atoms with Crippen molar-refractivity contribution in [2.24, 2.45) is 0 Å². The summed E-state index contributed by atoms with van der Waals surface area (Å²) in [6.45, 7) is 6.20. The highest BCUT2D eigenvalue weighted by Gasteiger charge is 2.33. The minimum absolute atomic E-state index is 0.218. The van der Waals surface area contributed by atoms with Gasteiger partial charge in [-0.2, -0.15) is 0 Å². The standard InChI is InChI=1S/C25H24N2O4S/c1-5-26-24(28)23(32-25(26)29)15-18-14-16(2)27(17(18)3)19-6-8-21(9-7-19)31-22-12-10-20(30-4)11-13-22/h6-15H,5H2,1-4H3/b23-15-. The number of hydrogen-bond donors (Lipinski definition) is 0. The Morgan fingerprint density at radius 2 is 1.53 bits per heavy atom. The van der Waals surface area contributed by atoms with Crippen molar-refractivity contribution in [1.82, 2.24) is 9.47 Å². The average Bonchev–Trinajstić information content (AvgIpc) is 3.23. The summed E-state index contributed by atoms with van der Waals surface area (Å²) in [5.74, 6) is 2.01. The van der Waals surface area contributed by atoms with Gasteiger partial charge in [0.2, 0.25) is 0 Å². The molecule has 2 amide bonds. The zero-order valence-electron chi connectivity index (χ0n) is 18.4. The van der Waals surface area contributed by atoms with Crippen LogP contribution in [0.1, 0.15) is 23.9 Å². The highest BCUT2D eigenvalue weighted by molar-refractivity contribution is 8.18. The molecule has 0 aliphatic carbocycles. The fraction of sp³-hybridized carbons (Fsp3) is 0.200. The Morgan fingerprint density at radius 3 is 2.09 bits per heavy atom. The zero-order chi connectivity index (χ0) is 22.8. The minimum Gasteiger partial charge on any atom is -0.497 e. The van der Waals surface area contributed by atoms with Crippen LogP contribution < -0.4 is 9.47 Å². The minimum atomic E-state index is -0.229. The van der Waals surface area contributed by atoms with E-state index in [1.165, 1.54) is 4.90 Å². The lowest BCUT2D eigenvalue weighted by atomic mass is 10.2. The van der Waals surface area contributed by atoms with Gasteiger partial charge in [-0.3, -0.25) is 14.5 Å². The maximum atomic E-state index is 12.4. The van der Waals surface area contributed by atoms with E-state index in [0.29, 0.717) is 11.4 Å². The number of aromatic nitrogens is 1. The second-order valence-corrected chi connectivity index (χ2v) is 8.35. The Hall–Kier alpha value is -3.45. The molecule has 7 heteroatoms. The molecule has 1 aromatic heterocycles. The molecule has 2 aromatic carbocycles. The summed E-state index contributed by atoms with van der Waals surface area (Å²) in [6, 6.07) is 17.3. The number of benzene rings is 2. The van der Waals surface area contributed by atoms with Gasteiger partial charge < -0.3 is 14.0 Å². The molecule has 0 N–H and O–H groups in total. The predicted octanol–water partition coefficient (Wildman–Crippen LogP) is 5.95. The van der Waals surface area contributed by atoms with Crippen LogP contribution in [0.5, 0.6) is 17.2 Å². The lowest BCUT2D eigenvalue weighted by Crippen LogP contribution is -2.27. The van der Waals surface area contributed by atoms with Crippen LogP contribution >= 0.6 is 11.8 Å². The number of rotatable bonds is 6. The molecule has 1 aliphatic heterocycles. The Morgan fingerprint density at radius 1 is 0.938 bits per heavy atom. The van der Waals surface area contributed by atoms with E-state index in [-0.39, 0.29) is 11.1 Å². The molecule has 3 aromatic rings. The Balaban J connectivity index is 1.57. The van der Waals surface area contributed by atoms with E-state index < -0.39 is 0 Å². The summed E-state index contributed by atoms with van der Waals surface area (Å²) >= 11 is 0.991. The molecule has 4 rings (SSSR count). The van der Waals surface area contributed by atoms with Gasteiger partial charge >= 0.3 is 0 Å². The van der Waals surface area contributed by atoms with Gasteiger partial charge in [-0.15, -0.1) is 0 Å². The van der Waals surface area contributed by atoms with Crippen molar-refractivity contribution >= 4 is 29.0 Å². The number of carbonyl (C=O) groups excluding carboxylic acids is 2. The molecule has 1 aliphatic rings. The molecule has 1 saturated heterocycles. The monoisotopic (exact) mass is 448 g/mol. The molecule has 32 heavy (non-hydrogen) atoms. The second kappa shape index (κ2) is 8.96. The molecule has 2 heterocycles. The Bertz CT molecular complexity index is 1190. The Kier molecular flexibility index (Phi) is 6.10. The lowest BCUT2D eigenvalue weighted by Gasteiger charge is -2.11. The van der Waals surface area contributed by atoms with Crippen LogP contribution in [0.2, 0.25) is 0 Å². The average molecular weight is 449 g/mol. The van der Waals surface area contributed by atoms with Gasteiger partial charge in [0.1, 0.15) is 17.2 Å². The number of ether oxygens (including phenoxy) is 2. The third-order valence-electron chi connectivity index (χ3n) is 5.34. The van der Waals surface area contributed by atoms with Gasteiger partial charge in [0.15, 0.2) is 0 Å². The topological polar surface area (TPSA) is 60.8 Å². The van der Waals surface area contributed by atoms with E-state index in [4.69, 9.17) is 9.47 Å². The molecule has 0 atom stereocenters. The van der Waals surface area contributed by atoms with E-state index in [1.807, 2.05) is 68.4 Å². The van der Waals surface area contributed by atoms with Gasteiger partial charge in [-0.1, -0.05) is 0 Å². The molecule has 0 bridgehead atoms. The third-order valence-corrected chi connectivity index (χ3v) is 6.24. The third kappa shape index (κ3) is 4.16. The number of aryl methyl sites for hydroxylation is 1. The summed E-state index contributed by atoms with van der Waals surface area (Å²) in [4.78, 5) is 26.1. The molecule has 1 fully saturated rings. The van der Waals surface area contributed by atoms with E-state index in [9.17, 15) is 9.59 Å². The van der Waals surface area contributed by atoms with Crippen LogP contribution in [-0.4, -0.2) is 34.3 Å². The first-order valence-electron chi connectivity index (χ1n) is 10.3. The first-order valence-corrected chi connectivity index (χ1v) is 11.1. The molecular weight excluding hydrogens is 424 g/mol. The number of carbonyl (C=O) groups is 2. The first kappa shape index (κ1) is 21.8. The molecule has 0 spiro atoms. The number of nitrogens with zero attached hydrogens (tertiary/aromatic N) is 2. The van der Waals surface area contributed by atoms with Gasteiger partial charge in [0.05, 0.1) is 12.0 Å². The molecular formula is C25H24N2O4S. The number of imide groups is 1. The first-order chi connectivity index (χ1) is 15.4. The summed E-state index contributed by atoms with van der Waals surface area (Å²) in [5.41, 5.74) is 3.94. The summed E-state index contributed by atoms with van der Waals surface area (Å²) in [5, 5.41) is -0.218. The number of thioether (sulfide) groups is 1. The van der Waals surface area contributed by atoms with Gasteiger partial charge in [0.25, 0.3) is 11.1 Å². The van der Waals surface area contributed by atoms with Crippen molar-refractivity contribution in [3.05, 3.63) is 76.5 Å². The Labute approximate surface area is 191 Å². The van der Waals surface area contributed by atoms with Crippen LogP contribution in [-0.2, 0) is 4.79 Å². The number of likely N-dealkylation sites (N-methyl/N-ethyl adjacent to an activating group) is 1. The maximum absolute atomic E-state index is 12.4. The normalized spacial score (nSPS) is 15.0. The molecule has 6 nitrogen and oxygen atoms in total. The smallest absolute Gasteiger partial charge is 0.293 e. The zero-order valence-corrected chi connectivity index (χ0v) is 19.2. The van der Waals surface area contributed by atoms with E-state index in [2.05, 4.69) is 4.57 Å². The SMILES string of the molecule is CCN1C(=O)S/C(=C\c2cc(C)n(-c3ccc(Oc4ccc(OC)cc4)cc3)c2C)C1=O. The van der Waals surface area contributed by atoms with Crippen molar-refractivity contribution in [2.75, 3.05) is 13.7 Å². The van der Waals surface area contributed by atoms with Crippen LogP contribution in [0.15, 0.2) is 59.5 Å². The fourth-order valence-corrected chi connectivity index (χ4v) is 4.58. The van der Waals surface area contributed by atoms with Gasteiger partial charge in [-0.25, -0.2) is 0 Å². The van der Waals surface area contributed by atoms with Gasteiger partial charge in [0, 0.05) is 23.6 Å². The fourth-order valence-electron chi connectivity index (χ4n) is 3.69. The highest BCUT2D eigenvalue weighted by Crippen LogP contribution is 2.34. The second-order valence-electron chi connectivity index (χ2n) is 7.36. The van der Waals surface area contributed by atoms with Crippen molar-refractivity contribution in [1.29, 1.82) is 0 Å². The van der Waals surface area contributed by atoms with Crippen molar-refractivity contribution in [3.63, 3.8) is 0 Å². The van der Waals surface area contributed by atoms with Crippen molar-refractivity contribution in [2.45, 2.75) is 20.8 Å². The quantitative estimate of drug-likeness (QED) is 0.436. The van der Waals surface area contributed by atoms with E-state index in [0.717, 1.165) is 51.6 Å². The van der Waals surface area contributed by atoms with Crippen LogP contribution in [0.25, 0.3) is 11.8 Å². The number of hydrogen-bond acceptors (Lipinski definition) is 5.